The van der Waals surface area contributed by atoms with Gasteiger partial charge in [-0.2, -0.15) is 5.10 Å². The Morgan fingerprint density at radius 3 is 2.62 bits per heavy atom. The quantitative estimate of drug-likeness (QED) is 0.618. The molecule has 0 unspecified atom stereocenters. The normalized spacial score (nSPS) is 10.6. The molecule has 0 aliphatic carbocycles. The lowest BCUT2D eigenvalue weighted by atomic mass is 10.1. The van der Waals surface area contributed by atoms with E-state index in [1.807, 2.05) is 31.2 Å². The summed E-state index contributed by atoms with van der Waals surface area (Å²) in [5.74, 6) is -0.0122. The first-order valence-electron chi connectivity index (χ1n) is 8.92. The van der Waals surface area contributed by atoms with Crippen molar-refractivity contribution in [2.75, 3.05) is 13.2 Å². The van der Waals surface area contributed by atoms with Crippen LogP contribution in [-0.2, 0) is 11.3 Å². The van der Waals surface area contributed by atoms with Crippen molar-refractivity contribution in [2.24, 2.45) is 0 Å². The highest BCUT2D eigenvalue weighted by Crippen LogP contribution is 2.27. The lowest BCUT2D eigenvalue weighted by Gasteiger charge is -2.10. The summed E-state index contributed by atoms with van der Waals surface area (Å²) in [5.41, 5.74) is 2.51. The molecule has 1 aromatic heterocycles. The number of amides is 1. The summed E-state index contributed by atoms with van der Waals surface area (Å²) in [6.45, 7) is 2.26. The second-order valence-corrected chi connectivity index (χ2v) is 7.20. The molecule has 0 atom stereocenters. The number of benzene rings is 2. The summed E-state index contributed by atoms with van der Waals surface area (Å²) in [5, 5.41) is 7.89. The molecule has 0 saturated carbocycles. The average molecular weight is 432 g/mol. The maximum atomic E-state index is 12.0. The number of hydrogen-bond donors (Lipinski definition) is 1. The van der Waals surface area contributed by atoms with Crippen molar-refractivity contribution in [3.05, 3.63) is 80.6 Å². The van der Waals surface area contributed by atoms with Gasteiger partial charge in [0.25, 0.3) is 11.5 Å². The molecule has 0 spiro atoms. The SMILES string of the molecule is Cc1ccc(-c2ccc(=O)n(CCNC(=O)COc3cc(Cl)ccc3Cl)n2)cc1. The van der Waals surface area contributed by atoms with Crippen molar-refractivity contribution in [3.63, 3.8) is 0 Å². The van der Waals surface area contributed by atoms with Crippen LogP contribution in [0.1, 0.15) is 5.56 Å². The molecule has 0 aliphatic rings. The van der Waals surface area contributed by atoms with Crippen LogP contribution in [-0.4, -0.2) is 28.8 Å². The molecular weight excluding hydrogens is 413 g/mol. The van der Waals surface area contributed by atoms with Crippen molar-refractivity contribution in [1.82, 2.24) is 15.1 Å². The van der Waals surface area contributed by atoms with Crippen LogP contribution in [0.25, 0.3) is 11.3 Å². The van der Waals surface area contributed by atoms with E-state index in [0.717, 1.165) is 11.1 Å². The van der Waals surface area contributed by atoms with Crippen molar-refractivity contribution >= 4 is 29.1 Å². The van der Waals surface area contributed by atoms with Crippen LogP contribution in [0.2, 0.25) is 10.0 Å². The zero-order valence-electron chi connectivity index (χ0n) is 15.7. The molecule has 6 nitrogen and oxygen atoms in total. The number of nitrogens with zero attached hydrogens (tertiary/aromatic N) is 2. The Morgan fingerprint density at radius 2 is 1.86 bits per heavy atom. The number of halogens is 2. The Balaban J connectivity index is 1.55. The van der Waals surface area contributed by atoms with Gasteiger partial charge in [-0.25, -0.2) is 4.68 Å². The van der Waals surface area contributed by atoms with Crippen LogP contribution in [0.5, 0.6) is 5.75 Å². The average Bonchev–Trinajstić information content (AvgIpc) is 2.71. The number of carbonyl (C=O) groups is 1. The van der Waals surface area contributed by atoms with E-state index >= 15 is 0 Å². The Kier molecular flexibility index (Phi) is 6.90. The minimum Gasteiger partial charge on any atom is -0.482 e. The van der Waals surface area contributed by atoms with Gasteiger partial charge in [0, 0.05) is 29.3 Å². The van der Waals surface area contributed by atoms with Gasteiger partial charge in [-0.15, -0.1) is 0 Å². The fraction of sp³-hybridized carbons (Fsp3) is 0.190. The third kappa shape index (κ3) is 5.82. The molecule has 1 amide bonds. The smallest absolute Gasteiger partial charge is 0.266 e. The predicted octanol–water partition coefficient (Wildman–Crippen LogP) is 3.72. The van der Waals surface area contributed by atoms with Gasteiger partial charge in [0.2, 0.25) is 0 Å². The largest absolute Gasteiger partial charge is 0.482 e. The van der Waals surface area contributed by atoms with E-state index in [-0.39, 0.29) is 31.2 Å². The first-order chi connectivity index (χ1) is 13.9. The lowest BCUT2D eigenvalue weighted by molar-refractivity contribution is -0.123. The molecule has 1 N–H and O–H groups in total. The van der Waals surface area contributed by atoms with Crippen molar-refractivity contribution < 1.29 is 9.53 Å². The van der Waals surface area contributed by atoms with E-state index in [9.17, 15) is 9.59 Å². The molecule has 0 saturated heterocycles. The van der Waals surface area contributed by atoms with Crippen molar-refractivity contribution in [1.29, 1.82) is 0 Å². The van der Waals surface area contributed by atoms with Gasteiger partial charge in [0.05, 0.1) is 17.3 Å². The third-order valence-corrected chi connectivity index (χ3v) is 4.66. The van der Waals surface area contributed by atoms with Crippen LogP contribution in [0, 0.1) is 6.92 Å². The van der Waals surface area contributed by atoms with Gasteiger partial charge >= 0.3 is 0 Å². The molecule has 29 heavy (non-hydrogen) atoms. The Morgan fingerprint density at radius 1 is 1.10 bits per heavy atom. The number of ether oxygens (including phenoxy) is 1. The van der Waals surface area contributed by atoms with Crippen molar-refractivity contribution in [3.8, 4) is 17.0 Å². The zero-order chi connectivity index (χ0) is 20.8. The Labute approximate surface area is 178 Å². The number of carbonyl (C=O) groups excluding carboxylic acids is 1. The first kappa shape index (κ1) is 20.9. The molecular formula is C21H19Cl2N3O3. The predicted molar refractivity (Wildman–Crippen MR) is 114 cm³/mol. The highest BCUT2D eigenvalue weighted by Gasteiger charge is 2.08. The summed E-state index contributed by atoms with van der Waals surface area (Å²) in [6.07, 6.45) is 0. The Hall–Kier alpha value is -2.83. The molecule has 0 aliphatic heterocycles. The Bertz CT molecular complexity index is 1070. The van der Waals surface area contributed by atoms with E-state index in [4.69, 9.17) is 27.9 Å². The van der Waals surface area contributed by atoms with Crippen molar-refractivity contribution in [2.45, 2.75) is 13.5 Å². The molecule has 3 aromatic rings. The summed E-state index contributed by atoms with van der Waals surface area (Å²) < 4.78 is 6.70. The summed E-state index contributed by atoms with van der Waals surface area (Å²) in [6, 6.07) is 15.8. The topological polar surface area (TPSA) is 73.2 Å². The molecule has 0 fully saturated rings. The number of nitrogens with one attached hydrogen (secondary N) is 1. The summed E-state index contributed by atoms with van der Waals surface area (Å²) in [4.78, 5) is 24.0. The van der Waals surface area contributed by atoms with E-state index in [1.165, 1.54) is 16.8 Å². The number of aryl methyl sites for hydroxylation is 1. The molecule has 8 heteroatoms. The van der Waals surface area contributed by atoms with Gasteiger partial charge in [0.15, 0.2) is 6.61 Å². The molecule has 0 bridgehead atoms. The van der Waals surface area contributed by atoms with E-state index in [1.54, 1.807) is 18.2 Å². The maximum absolute atomic E-state index is 12.0. The van der Waals surface area contributed by atoms with Gasteiger partial charge in [0.1, 0.15) is 5.75 Å². The highest BCUT2D eigenvalue weighted by atomic mass is 35.5. The second-order valence-electron chi connectivity index (χ2n) is 6.36. The fourth-order valence-corrected chi connectivity index (χ4v) is 2.90. The molecule has 0 radical (unpaired) electrons. The lowest BCUT2D eigenvalue weighted by Crippen LogP contribution is -2.34. The standard InChI is InChI=1S/C21H19Cl2N3O3/c1-14-2-4-15(5-3-14)18-8-9-21(28)26(25-18)11-10-24-20(27)13-29-19-12-16(22)6-7-17(19)23/h2-9,12H,10-11,13H2,1H3,(H,24,27). The monoisotopic (exact) mass is 431 g/mol. The van der Waals surface area contributed by atoms with Gasteiger partial charge < -0.3 is 10.1 Å². The van der Waals surface area contributed by atoms with E-state index < -0.39 is 0 Å². The van der Waals surface area contributed by atoms with E-state index in [2.05, 4.69) is 10.4 Å². The molecule has 3 rings (SSSR count). The summed E-state index contributed by atoms with van der Waals surface area (Å²) >= 11 is 11.9. The molecule has 150 valence electrons. The number of hydrogen-bond acceptors (Lipinski definition) is 4. The fourth-order valence-electron chi connectivity index (χ4n) is 2.57. The van der Waals surface area contributed by atoms with Gasteiger partial charge in [-0.05, 0) is 25.1 Å². The van der Waals surface area contributed by atoms with Crippen LogP contribution in [0.15, 0.2) is 59.4 Å². The number of aromatic nitrogens is 2. The van der Waals surface area contributed by atoms with Crippen LogP contribution in [0.4, 0.5) is 0 Å². The van der Waals surface area contributed by atoms with Crippen LogP contribution >= 0.6 is 23.2 Å². The van der Waals surface area contributed by atoms with Crippen LogP contribution < -0.4 is 15.6 Å². The third-order valence-electron chi connectivity index (χ3n) is 4.11. The maximum Gasteiger partial charge on any atom is 0.266 e. The molecule has 2 aromatic carbocycles. The zero-order valence-corrected chi connectivity index (χ0v) is 17.2. The van der Waals surface area contributed by atoms with E-state index in [0.29, 0.717) is 21.5 Å². The van der Waals surface area contributed by atoms with Gasteiger partial charge in [-0.1, -0.05) is 53.0 Å². The minimum atomic E-state index is -0.344. The summed E-state index contributed by atoms with van der Waals surface area (Å²) in [7, 11) is 0. The number of rotatable bonds is 7. The highest BCUT2D eigenvalue weighted by molar-refractivity contribution is 6.34. The van der Waals surface area contributed by atoms with Crippen LogP contribution in [0.3, 0.4) is 0 Å². The first-order valence-corrected chi connectivity index (χ1v) is 9.68. The molecule has 1 heterocycles. The second kappa shape index (κ2) is 9.58. The van der Waals surface area contributed by atoms with Gasteiger partial charge in [-0.3, -0.25) is 9.59 Å². The minimum absolute atomic E-state index is 0.216.